The summed E-state index contributed by atoms with van der Waals surface area (Å²) in [6, 6.07) is 3.50. The Labute approximate surface area is 87.9 Å². The van der Waals surface area contributed by atoms with Gasteiger partial charge in [0.15, 0.2) is 0 Å². The lowest BCUT2D eigenvalue weighted by Gasteiger charge is -2.20. The van der Waals surface area contributed by atoms with Crippen LogP contribution in [0.1, 0.15) is 11.1 Å². The van der Waals surface area contributed by atoms with E-state index in [0.29, 0.717) is 17.0 Å². The van der Waals surface area contributed by atoms with E-state index in [-0.39, 0.29) is 0 Å². The second-order valence-electron chi connectivity index (χ2n) is 3.43. The zero-order chi connectivity index (χ0) is 10.1. The molecule has 3 N–H and O–H groups in total. The van der Waals surface area contributed by atoms with Crippen molar-refractivity contribution in [1.82, 2.24) is 5.32 Å². The summed E-state index contributed by atoms with van der Waals surface area (Å²) in [5.41, 5.74) is 2.59. The summed E-state index contributed by atoms with van der Waals surface area (Å²) in [5.74, 6) is 0. The van der Waals surface area contributed by atoms with Gasteiger partial charge in [-0.15, -0.1) is 0 Å². The third-order valence-corrected chi connectivity index (χ3v) is 2.71. The van der Waals surface area contributed by atoms with Crippen LogP contribution in [0.3, 0.4) is 0 Å². The Morgan fingerprint density at radius 3 is 2.86 bits per heavy atom. The van der Waals surface area contributed by atoms with Crippen molar-refractivity contribution in [3.05, 3.63) is 28.3 Å². The molecule has 0 saturated heterocycles. The molecule has 2 rings (SSSR count). The highest BCUT2D eigenvalue weighted by Crippen LogP contribution is 2.17. The maximum atomic E-state index is 9.17. The topological polar surface area (TPSA) is 52.5 Å². The van der Waals surface area contributed by atoms with Crippen LogP contribution in [-0.2, 0) is 13.0 Å². The molecule has 1 aliphatic heterocycles. The molecule has 74 valence electrons. The zero-order valence-electron chi connectivity index (χ0n) is 7.63. The van der Waals surface area contributed by atoms with E-state index >= 15 is 0 Å². The van der Waals surface area contributed by atoms with E-state index in [1.165, 1.54) is 0 Å². The summed E-state index contributed by atoms with van der Waals surface area (Å²) < 4.78 is 0. The summed E-state index contributed by atoms with van der Waals surface area (Å²) in [7, 11) is -1.44. The fraction of sp³-hybridized carbons (Fsp3) is 0.333. The van der Waals surface area contributed by atoms with Crippen LogP contribution in [0, 0.1) is 0 Å². The number of nitrogens with one attached hydrogen (secondary N) is 1. The highest BCUT2D eigenvalue weighted by atomic mass is 35.5. The number of hydrogen-bond acceptors (Lipinski definition) is 3. The molecule has 0 saturated carbocycles. The predicted octanol–water partition coefficient (Wildman–Crippen LogP) is -0.335. The van der Waals surface area contributed by atoms with Crippen molar-refractivity contribution >= 4 is 24.2 Å². The molecule has 0 radical (unpaired) electrons. The number of halogens is 1. The number of fused-ring (bicyclic) bond motifs is 1. The molecule has 0 fully saturated rings. The Balaban J connectivity index is 2.52. The Kier molecular flexibility index (Phi) is 2.79. The summed E-state index contributed by atoms with van der Waals surface area (Å²) >= 11 is 5.88. The Bertz CT molecular complexity index is 357. The quantitative estimate of drug-likeness (QED) is 0.558. The molecule has 0 aliphatic carbocycles. The van der Waals surface area contributed by atoms with Crippen LogP contribution in [-0.4, -0.2) is 23.7 Å². The Morgan fingerprint density at radius 2 is 2.14 bits per heavy atom. The van der Waals surface area contributed by atoms with E-state index < -0.39 is 7.12 Å². The van der Waals surface area contributed by atoms with Crippen LogP contribution in [0.15, 0.2) is 12.1 Å². The van der Waals surface area contributed by atoms with Gasteiger partial charge in [0.25, 0.3) is 0 Å². The van der Waals surface area contributed by atoms with Crippen molar-refractivity contribution < 1.29 is 10.0 Å². The number of rotatable bonds is 1. The second-order valence-corrected chi connectivity index (χ2v) is 3.87. The number of benzene rings is 1. The molecule has 1 aromatic carbocycles. The molecule has 14 heavy (non-hydrogen) atoms. The lowest BCUT2D eigenvalue weighted by molar-refractivity contribution is 0.425. The molecule has 0 aromatic heterocycles. The fourth-order valence-electron chi connectivity index (χ4n) is 1.82. The highest BCUT2D eigenvalue weighted by Gasteiger charge is 2.21. The van der Waals surface area contributed by atoms with E-state index in [2.05, 4.69) is 5.32 Å². The van der Waals surface area contributed by atoms with Crippen molar-refractivity contribution in [1.29, 1.82) is 0 Å². The molecule has 1 aromatic rings. The van der Waals surface area contributed by atoms with E-state index in [4.69, 9.17) is 11.6 Å². The van der Waals surface area contributed by atoms with Gasteiger partial charge in [0.1, 0.15) is 0 Å². The maximum Gasteiger partial charge on any atom is 0.488 e. The average molecular weight is 211 g/mol. The van der Waals surface area contributed by atoms with E-state index in [1.807, 2.05) is 6.07 Å². The molecule has 1 aliphatic rings. The van der Waals surface area contributed by atoms with Crippen molar-refractivity contribution in [2.45, 2.75) is 13.0 Å². The van der Waals surface area contributed by atoms with E-state index in [1.54, 1.807) is 6.07 Å². The first kappa shape index (κ1) is 9.99. The van der Waals surface area contributed by atoms with Gasteiger partial charge in [-0.2, -0.15) is 0 Å². The molecule has 5 heteroatoms. The minimum atomic E-state index is -1.44. The summed E-state index contributed by atoms with van der Waals surface area (Å²) in [4.78, 5) is 0. The standard InChI is InChI=1S/C9H11BClNO2/c11-7-3-6-1-2-12-5-8(6)9(4-7)10(13)14/h3-4,12-14H,1-2,5H2. The molecule has 0 spiro atoms. The van der Waals surface area contributed by atoms with Crippen LogP contribution in [0.5, 0.6) is 0 Å². The Hall–Kier alpha value is -0.545. The molecule has 3 nitrogen and oxygen atoms in total. The van der Waals surface area contributed by atoms with Gasteiger partial charge in [0.2, 0.25) is 0 Å². The molecule has 0 amide bonds. The SMILES string of the molecule is OB(O)c1cc(Cl)cc2c1CNCC2. The van der Waals surface area contributed by atoms with Gasteiger partial charge in [-0.05, 0) is 41.7 Å². The predicted molar refractivity (Wildman–Crippen MR) is 56.7 cm³/mol. The molecule has 0 atom stereocenters. The fourth-order valence-corrected chi connectivity index (χ4v) is 2.07. The average Bonchev–Trinajstić information content (AvgIpc) is 2.16. The normalized spacial score (nSPS) is 15.1. The van der Waals surface area contributed by atoms with Gasteiger partial charge >= 0.3 is 7.12 Å². The third kappa shape index (κ3) is 1.79. The highest BCUT2D eigenvalue weighted by molar-refractivity contribution is 6.59. The van der Waals surface area contributed by atoms with E-state index in [0.717, 1.165) is 24.1 Å². The van der Waals surface area contributed by atoms with Gasteiger partial charge in [-0.25, -0.2) is 0 Å². The van der Waals surface area contributed by atoms with Crippen LogP contribution in [0.25, 0.3) is 0 Å². The molecular weight excluding hydrogens is 200 g/mol. The second kappa shape index (κ2) is 3.91. The Morgan fingerprint density at radius 1 is 1.36 bits per heavy atom. The largest absolute Gasteiger partial charge is 0.488 e. The summed E-state index contributed by atoms with van der Waals surface area (Å²) in [6.45, 7) is 1.59. The maximum absolute atomic E-state index is 9.17. The molecular formula is C9H11BClNO2. The summed E-state index contributed by atoms with van der Waals surface area (Å²) in [5, 5.41) is 22.1. The van der Waals surface area contributed by atoms with Gasteiger partial charge in [0, 0.05) is 11.6 Å². The lowest BCUT2D eigenvalue weighted by atomic mass is 9.74. The smallest absolute Gasteiger partial charge is 0.423 e. The van der Waals surface area contributed by atoms with Gasteiger partial charge in [-0.3, -0.25) is 0 Å². The zero-order valence-corrected chi connectivity index (χ0v) is 8.38. The lowest BCUT2D eigenvalue weighted by Crippen LogP contribution is -2.38. The minimum absolute atomic E-state index is 0.514. The van der Waals surface area contributed by atoms with Gasteiger partial charge < -0.3 is 15.4 Å². The van der Waals surface area contributed by atoms with E-state index in [9.17, 15) is 10.0 Å². The molecule has 0 unspecified atom stereocenters. The first-order chi connectivity index (χ1) is 6.68. The number of hydrogen-bond donors (Lipinski definition) is 3. The molecule has 0 bridgehead atoms. The molecule has 1 heterocycles. The monoisotopic (exact) mass is 211 g/mol. The van der Waals surface area contributed by atoms with Crippen molar-refractivity contribution in [3.63, 3.8) is 0 Å². The summed E-state index contributed by atoms with van der Waals surface area (Å²) in [6.07, 6.45) is 0.885. The van der Waals surface area contributed by atoms with Crippen LogP contribution in [0.4, 0.5) is 0 Å². The van der Waals surface area contributed by atoms with Crippen molar-refractivity contribution in [2.24, 2.45) is 0 Å². The van der Waals surface area contributed by atoms with Crippen LogP contribution >= 0.6 is 11.6 Å². The first-order valence-corrected chi connectivity index (χ1v) is 4.94. The van der Waals surface area contributed by atoms with Gasteiger partial charge in [0.05, 0.1) is 0 Å². The first-order valence-electron chi connectivity index (χ1n) is 4.56. The van der Waals surface area contributed by atoms with Crippen molar-refractivity contribution in [3.8, 4) is 0 Å². The van der Waals surface area contributed by atoms with Crippen LogP contribution in [0.2, 0.25) is 5.02 Å². The third-order valence-electron chi connectivity index (χ3n) is 2.49. The van der Waals surface area contributed by atoms with Gasteiger partial charge in [-0.1, -0.05) is 11.6 Å². The van der Waals surface area contributed by atoms with Crippen LogP contribution < -0.4 is 10.8 Å². The van der Waals surface area contributed by atoms with Crippen molar-refractivity contribution in [2.75, 3.05) is 6.54 Å². The minimum Gasteiger partial charge on any atom is -0.423 e.